The fourth-order valence-corrected chi connectivity index (χ4v) is 4.93. The molecule has 210 valence electrons. The summed E-state index contributed by atoms with van der Waals surface area (Å²) in [6, 6.07) is 0.686. The molecule has 0 heterocycles. The van der Waals surface area contributed by atoms with Crippen molar-refractivity contribution in [2.24, 2.45) is 0 Å². The van der Waals surface area contributed by atoms with Gasteiger partial charge in [0.15, 0.2) is 0 Å². The van der Waals surface area contributed by atoms with Crippen LogP contribution in [0.15, 0.2) is 0 Å². The van der Waals surface area contributed by atoms with Gasteiger partial charge in [0.25, 0.3) is 0 Å². The Hall–Kier alpha value is -0.200. The van der Waals surface area contributed by atoms with Crippen LogP contribution in [0.3, 0.4) is 0 Å². The number of nitrogens with zero attached hydrogens (tertiary/aromatic N) is 2. The lowest BCUT2D eigenvalue weighted by atomic mass is 9.91. The quantitative estimate of drug-likeness (QED) is 0.128. The molecule has 0 radical (unpaired) electrons. The summed E-state index contributed by atoms with van der Waals surface area (Å²) in [4.78, 5) is 4.87. The minimum atomic E-state index is 0.153. The van der Waals surface area contributed by atoms with Crippen LogP contribution >= 0.6 is 0 Å². The summed E-state index contributed by atoms with van der Waals surface area (Å²) in [6.07, 6.45) is 22.6. The molecule has 0 aromatic carbocycles. The van der Waals surface area contributed by atoms with E-state index in [0.717, 1.165) is 45.8 Å². The molecule has 0 aromatic rings. The lowest BCUT2D eigenvalue weighted by Gasteiger charge is -2.38. The number of aliphatic hydroxyl groups is 1. The van der Waals surface area contributed by atoms with E-state index in [-0.39, 0.29) is 12.7 Å². The third-order valence-electron chi connectivity index (χ3n) is 7.56. The van der Waals surface area contributed by atoms with Crippen molar-refractivity contribution in [2.75, 3.05) is 59.7 Å². The average molecular weight is 499 g/mol. The van der Waals surface area contributed by atoms with E-state index in [0.29, 0.717) is 12.6 Å². The normalized spacial score (nSPS) is 15.3. The molecule has 1 atom stereocenters. The van der Waals surface area contributed by atoms with Gasteiger partial charge in [-0.25, -0.2) is 0 Å². The van der Waals surface area contributed by atoms with Crippen molar-refractivity contribution < 1.29 is 14.6 Å². The fourth-order valence-electron chi connectivity index (χ4n) is 4.93. The Morgan fingerprint density at radius 3 is 1.89 bits per heavy atom. The number of hydrogen-bond acceptors (Lipinski definition) is 5. The van der Waals surface area contributed by atoms with Crippen LogP contribution in [-0.2, 0) is 9.47 Å². The maximum Gasteiger partial charge on any atom is 0.0934 e. The van der Waals surface area contributed by atoms with Crippen LogP contribution in [0.2, 0.25) is 0 Å². The van der Waals surface area contributed by atoms with Crippen LogP contribution in [0.4, 0.5) is 0 Å². The highest BCUT2D eigenvalue weighted by atomic mass is 16.5. The summed E-state index contributed by atoms with van der Waals surface area (Å²) in [7, 11) is 2.20. The Labute approximate surface area is 219 Å². The molecular weight excluding hydrogens is 436 g/mol. The van der Waals surface area contributed by atoms with Gasteiger partial charge in [-0.3, -0.25) is 4.90 Å². The monoisotopic (exact) mass is 498 g/mol. The van der Waals surface area contributed by atoms with Gasteiger partial charge < -0.3 is 19.5 Å². The molecule has 0 amide bonds. The smallest absolute Gasteiger partial charge is 0.0934 e. The minimum Gasteiger partial charge on any atom is -0.395 e. The standard InChI is InChI=1S/C30H62N2O3/c1-4-6-8-10-11-12-13-14-15-16-25-34-28-30(35-26-17-9-7-5-2)27-31(3)21-22-32(23-24-33)29-19-18-20-29/h29-30,33H,4-28H2,1-3H3. The van der Waals surface area contributed by atoms with Crippen molar-refractivity contribution in [3.05, 3.63) is 0 Å². The van der Waals surface area contributed by atoms with Gasteiger partial charge in [-0.05, 0) is 32.7 Å². The molecule has 0 saturated heterocycles. The predicted molar refractivity (Wildman–Crippen MR) is 150 cm³/mol. The van der Waals surface area contributed by atoms with Gasteiger partial charge in [0.2, 0.25) is 0 Å². The Balaban J connectivity index is 2.20. The lowest BCUT2D eigenvalue weighted by molar-refractivity contribution is -0.0328. The van der Waals surface area contributed by atoms with E-state index in [2.05, 4.69) is 30.7 Å². The van der Waals surface area contributed by atoms with Crippen LogP contribution in [0.25, 0.3) is 0 Å². The molecular formula is C30H62N2O3. The summed E-state index contributed by atoms with van der Waals surface area (Å²) < 4.78 is 12.4. The van der Waals surface area contributed by atoms with Gasteiger partial charge in [0, 0.05) is 45.4 Å². The van der Waals surface area contributed by atoms with Crippen molar-refractivity contribution in [1.29, 1.82) is 0 Å². The maximum atomic E-state index is 9.42. The zero-order chi connectivity index (χ0) is 25.4. The second-order valence-electron chi connectivity index (χ2n) is 10.9. The van der Waals surface area contributed by atoms with Gasteiger partial charge in [-0.2, -0.15) is 0 Å². The molecule has 0 aliphatic heterocycles. The van der Waals surface area contributed by atoms with Crippen LogP contribution < -0.4 is 0 Å². The first-order chi connectivity index (χ1) is 17.2. The molecule has 1 aliphatic rings. The number of ether oxygens (including phenoxy) is 2. The summed E-state index contributed by atoms with van der Waals surface area (Å²) in [5.74, 6) is 0. The van der Waals surface area contributed by atoms with E-state index in [9.17, 15) is 5.11 Å². The summed E-state index contributed by atoms with van der Waals surface area (Å²) in [5.41, 5.74) is 0. The van der Waals surface area contributed by atoms with Crippen molar-refractivity contribution >= 4 is 0 Å². The highest BCUT2D eigenvalue weighted by Crippen LogP contribution is 2.24. The molecule has 0 spiro atoms. The molecule has 1 aliphatic carbocycles. The first kappa shape index (κ1) is 32.8. The molecule has 0 aromatic heterocycles. The third kappa shape index (κ3) is 18.7. The van der Waals surface area contributed by atoms with Crippen LogP contribution in [0.5, 0.6) is 0 Å². The summed E-state index contributed by atoms with van der Waals surface area (Å²) in [6.45, 7) is 11.0. The maximum absolute atomic E-state index is 9.42. The molecule has 1 unspecified atom stereocenters. The van der Waals surface area contributed by atoms with E-state index in [1.807, 2.05) is 0 Å². The molecule has 1 rings (SSSR count). The third-order valence-corrected chi connectivity index (χ3v) is 7.56. The Bertz CT molecular complexity index is 434. The molecule has 1 N–H and O–H groups in total. The van der Waals surface area contributed by atoms with Crippen molar-refractivity contribution in [2.45, 2.75) is 135 Å². The highest BCUT2D eigenvalue weighted by Gasteiger charge is 2.24. The molecule has 5 nitrogen and oxygen atoms in total. The number of rotatable bonds is 27. The van der Waals surface area contributed by atoms with Crippen LogP contribution in [0.1, 0.15) is 123 Å². The minimum absolute atomic E-state index is 0.153. The van der Waals surface area contributed by atoms with Crippen LogP contribution in [0, 0.1) is 0 Å². The topological polar surface area (TPSA) is 45.2 Å². The predicted octanol–water partition coefficient (Wildman–Crippen LogP) is 6.67. The van der Waals surface area contributed by atoms with Crippen molar-refractivity contribution in [3.8, 4) is 0 Å². The fraction of sp³-hybridized carbons (Fsp3) is 1.00. The Kier molecular flexibility index (Phi) is 22.7. The molecule has 5 heteroatoms. The highest BCUT2D eigenvalue weighted by molar-refractivity contribution is 4.80. The van der Waals surface area contributed by atoms with Crippen molar-refractivity contribution in [3.63, 3.8) is 0 Å². The van der Waals surface area contributed by atoms with E-state index in [1.54, 1.807) is 0 Å². The zero-order valence-electron chi connectivity index (χ0n) is 24.0. The number of likely N-dealkylation sites (N-methyl/N-ethyl adjacent to an activating group) is 1. The van der Waals surface area contributed by atoms with Crippen LogP contribution in [-0.4, -0.2) is 86.7 Å². The van der Waals surface area contributed by atoms with Gasteiger partial charge in [-0.15, -0.1) is 0 Å². The van der Waals surface area contributed by atoms with E-state index in [1.165, 1.54) is 103 Å². The van der Waals surface area contributed by atoms with E-state index in [4.69, 9.17) is 9.47 Å². The Morgan fingerprint density at radius 1 is 0.743 bits per heavy atom. The number of hydrogen-bond donors (Lipinski definition) is 1. The van der Waals surface area contributed by atoms with Gasteiger partial charge in [0.05, 0.1) is 19.3 Å². The van der Waals surface area contributed by atoms with E-state index < -0.39 is 0 Å². The molecule has 0 bridgehead atoms. The first-order valence-corrected chi connectivity index (χ1v) is 15.4. The first-order valence-electron chi connectivity index (χ1n) is 15.4. The SMILES string of the molecule is CCCCCCCCCCCCOCC(CN(C)CCN(CCO)C1CCC1)OCCCCCC. The summed E-state index contributed by atoms with van der Waals surface area (Å²) in [5, 5.41) is 9.42. The van der Waals surface area contributed by atoms with Gasteiger partial charge in [-0.1, -0.05) is 97.3 Å². The van der Waals surface area contributed by atoms with Gasteiger partial charge in [0.1, 0.15) is 0 Å². The number of aliphatic hydroxyl groups excluding tert-OH is 1. The largest absolute Gasteiger partial charge is 0.395 e. The van der Waals surface area contributed by atoms with E-state index >= 15 is 0 Å². The number of unbranched alkanes of at least 4 members (excludes halogenated alkanes) is 12. The second kappa shape index (κ2) is 24.2. The Morgan fingerprint density at radius 2 is 1.31 bits per heavy atom. The zero-order valence-corrected chi connectivity index (χ0v) is 24.0. The average Bonchev–Trinajstić information content (AvgIpc) is 2.82. The summed E-state index contributed by atoms with van der Waals surface area (Å²) >= 11 is 0. The van der Waals surface area contributed by atoms with Gasteiger partial charge >= 0.3 is 0 Å². The molecule has 1 saturated carbocycles. The molecule has 1 fully saturated rings. The molecule has 35 heavy (non-hydrogen) atoms. The second-order valence-corrected chi connectivity index (χ2v) is 10.9. The van der Waals surface area contributed by atoms with Crippen molar-refractivity contribution in [1.82, 2.24) is 9.80 Å². The lowest BCUT2D eigenvalue weighted by Crippen LogP contribution is -2.46.